The van der Waals surface area contributed by atoms with Gasteiger partial charge < -0.3 is 5.32 Å². The SMILES string of the molecule is c1ccccc(CCNC2CCCCCCCCCC2)cccc1. The molecule has 1 saturated carbocycles. The Hall–Kier alpha value is -1.34. The van der Waals surface area contributed by atoms with E-state index in [4.69, 9.17) is 0 Å². The molecule has 0 atom stereocenters. The zero-order chi connectivity index (χ0) is 16.7. The van der Waals surface area contributed by atoms with E-state index in [9.17, 15) is 0 Å². The topological polar surface area (TPSA) is 12.0 Å². The molecule has 0 radical (unpaired) electrons. The van der Waals surface area contributed by atoms with Crippen LogP contribution in [-0.2, 0) is 6.42 Å². The summed E-state index contributed by atoms with van der Waals surface area (Å²) in [5.74, 6) is 0. The fourth-order valence-corrected chi connectivity index (χ4v) is 3.51. The number of hydrogen-bond acceptors (Lipinski definition) is 1. The highest BCUT2D eigenvalue weighted by Gasteiger charge is 2.08. The average molecular weight is 326 g/mol. The molecule has 132 valence electrons. The summed E-state index contributed by atoms with van der Waals surface area (Å²) < 4.78 is 0. The van der Waals surface area contributed by atoms with Gasteiger partial charge in [0.05, 0.1) is 0 Å². The van der Waals surface area contributed by atoms with Crippen molar-refractivity contribution >= 4 is 0 Å². The van der Waals surface area contributed by atoms with Crippen LogP contribution in [0.2, 0.25) is 0 Å². The van der Waals surface area contributed by atoms with Gasteiger partial charge in [-0.25, -0.2) is 0 Å². The van der Waals surface area contributed by atoms with Crippen molar-refractivity contribution in [3.63, 3.8) is 0 Å². The Bertz CT molecular complexity index is 444. The largest absolute Gasteiger partial charge is 0.314 e. The van der Waals surface area contributed by atoms with Crippen LogP contribution in [0.4, 0.5) is 0 Å². The van der Waals surface area contributed by atoms with E-state index in [0.717, 1.165) is 19.0 Å². The van der Waals surface area contributed by atoms with Crippen molar-refractivity contribution in [3.05, 3.63) is 60.2 Å². The van der Waals surface area contributed by atoms with Crippen LogP contribution >= 0.6 is 0 Å². The zero-order valence-electron chi connectivity index (χ0n) is 15.3. The zero-order valence-corrected chi connectivity index (χ0v) is 15.3. The average Bonchev–Trinajstić information content (AvgIpc) is 2.66. The van der Waals surface area contributed by atoms with Gasteiger partial charge in [0.15, 0.2) is 0 Å². The Balaban J connectivity index is 1.80. The maximum absolute atomic E-state index is 3.84. The molecule has 24 heavy (non-hydrogen) atoms. The quantitative estimate of drug-likeness (QED) is 0.692. The van der Waals surface area contributed by atoms with Crippen molar-refractivity contribution in [2.45, 2.75) is 76.7 Å². The van der Waals surface area contributed by atoms with Crippen LogP contribution in [0.5, 0.6) is 0 Å². The molecule has 1 heteroatoms. The van der Waals surface area contributed by atoms with Gasteiger partial charge in [-0.3, -0.25) is 0 Å². The molecular weight excluding hydrogens is 290 g/mol. The third-order valence-electron chi connectivity index (χ3n) is 4.99. The van der Waals surface area contributed by atoms with E-state index in [1.807, 2.05) is 0 Å². The van der Waals surface area contributed by atoms with E-state index in [2.05, 4.69) is 59.9 Å². The molecule has 1 aliphatic carbocycles. The molecule has 0 amide bonds. The Morgan fingerprint density at radius 1 is 0.625 bits per heavy atom. The second-order valence-corrected chi connectivity index (χ2v) is 7.06. The monoisotopic (exact) mass is 325 g/mol. The predicted molar refractivity (Wildman–Crippen MR) is 106 cm³/mol. The molecule has 0 aromatic heterocycles. The molecule has 2 rings (SSSR count). The summed E-state index contributed by atoms with van der Waals surface area (Å²) in [6.07, 6.45) is 15.3. The molecule has 0 bridgehead atoms. The summed E-state index contributed by atoms with van der Waals surface area (Å²) >= 11 is 0. The van der Waals surface area contributed by atoms with Gasteiger partial charge in [0.25, 0.3) is 0 Å². The molecule has 1 fully saturated rings. The van der Waals surface area contributed by atoms with Crippen LogP contribution in [0.15, 0.2) is 54.6 Å². The molecule has 0 unspecified atom stereocenters. The maximum atomic E-state index is 3.84. The minimum atomic E-state index is 0.727. The van der Waals surface area contributed by atoms with Gasteiger partial charge in [-0.2, -0.15) is 0 Å². The summed E-state index contributed by atoms with van der Waals surface area (Å²) in [7, 11) is 0. The standard InChI is InChI=1S/C23H35N/c1-2-7-11-15-19-23(18-14-10-6-1)24-21-20-22-16-12-8-4-3-5-9-13-17-22/h3-5,8-9,12-13,16-17,23-24H,1-2,6-7,10-11,14-15,18-21H2. The molecule has 0 aliphatic heterocycles. The lowest BCUT2D eigenvalue weighted by atomic mass is 10.0. The molecule has 1 N–H and O–H groups in total. The number of hydrogen-bond donors (Lipinski definition) is 1. The van der Waals surface area contributed by atoms with Crippen molar-refractivity contribution in [2.75, 3.05) is 6.54 Å². The van der Waals surface area contributed by atoms with Crippen molar-refractivity contribution < 1.29 is 0 Å². The Morgan fingerprint density at radius 2 is 1.08 bits per heavy atom. The van der Waals surface area contributed by atoms with Crippen LogP contribution in [0, 0.1) is 0 Å². The summed E-state index contributed by atoms with van der Waals surface area (Å²) in [4.78, 5) is 0. The van der Waals surface area contributed by atoms with Crippen molar-refractivity contribution in [1.29, 1.82) is 0 Å². The molecule has 1 aromatic carbocycles. The molecular formula is C23H35N. The third-order valence-corrected chi connectivity index (χ3v) is 4.99. The Kier molecular flexibility index (Phi) is 10.3. The Labute approximate surface area is 149 Å². The van der Waals surface area contributed by atoms with Gasteiger partial charge in [-0.05, 0) is 31.4 Å². The van der Waals surface area contributed by atoms with E-state index in [1.54, 1.807) is 0 Å². The normalized spacial score (nSPS) is 17.5. The first-order valence-electron chi connectivity index (χ1n) is 10.1. The summed E-state index contributed by atoms with van der Waals surface area (Å²) in [6.45, 7) is 1.09. The van der Waals surface area contributed by atoms with Crippen LogP contribution < -0.4 is 5.32 Å². The third kappa shape index (κ3) is 9.08. The van der Waals surface area contributed by atoms with E-state index >= 15 is 0 Å². The van der Waals surface area contributed by atoms with E-state index in [1.165, 1.54) is 69.8 Å². The lowest BCUT2D eigenvalue weighted by Gasteiger charge is -2.18. The lowest BCUT2D eigenvalue weighted by molar-refractivity contribution is 0.424. The minimum absolute atomic E-state index is 0.727. The van der Waals surface area contributed by atoms with Crippen molar-refractivity contribution in [3.8, 4) is 0 Å². The molecule has 1 nitrogen and oxygen atoms in total. The summed E-state index contributed by atoms with van der Waals surface area (Å²) in [5.41, 5.74) is 1.40. The van der Waals surface area contributed by atoms with Crippen molar-refractivity contribution in [1.82, 2.24) is 5.32 Å². The van der Waals surface area contributed by atoms with Gasteiger partial charge in [0, 0.05) is 6.04 Å². The number of rotatable bonds is 4. The van der Waals surface area contributed by atoms with Crippen LogP contribution in [0.3, 0.4) is 0 Å². The molecule has 1 aromatic rings. The first-order valence-corrected chi connectivity index (χ1v) is 10.1. The predicted octanol–water partition coefficient (Wildman–Crippen LogP) is 6.23. The molecule has 0 saturated heterocycles. The van der Waals surface area contributed by atoms with E-state index < -0.39 is 0 Å². The minimum Gasteiger partial charge on any atom is -0.314 e. The lowest BCUT2D eigenvalue weighted by Crippen LogP contribution is -2.30. The molecule has 0 heterocycles. The van der Waals surface area contributed by atoms with E-state index in [-0.39, 0.29) is 0 Å². The smallest absolute Gasteiger partial charge is 0.00671 e. The first-order chi connectivity index (χ1) is 11.9. The second kappa shape index (κ2) is 13.0. The Morgan fingerprint density at radius 3 is 1.62 bits per heavy atom. The highest BCUT2D eigenvalue weighted by molar-refractivity contribution is 5.12. The molecule has 0 spiro atoms. The van der Waals surface area contributed by atoms with Gasteiger partial charge >= 0.3 is 0 Å². The van der Waals surface area contributed by atoms with Crippen molar-refractivity contribution in [2.24, 2.45) is 0 Å². The highest BCUT2D eigenvalue weighted by Crippen LogP contribution is 2.17. The molecule has 1 aliphatic rings. The maximum Gasteiger partial charge on any atom is 0.00671 e. The van der Waals surface area contributed by atoms with Crippen LogP contribution in [-0.4, -0.2) is 12.6 Å². The first kappa shape index (κ1) is 19.0. The fourth-order valence-electron chi connectivity index (χ4n) is 3.51. The van der Waals surface area contributed by atoms with Gasteiger partial charge in [-0.15, -0.1) is 0 Å². The van der Waals surface area contributed by atoms with Crippen LogP contribution in [0.1, 0.15) is 69.8 Å². The highest BCUT2D eigenvalue weighted by atomic mass is 14.9. The van der Waals surface area contributed by atoms with Gasteiger partial charge in [0.1, 0.15) is 0 Å². The van der Waals surface area contributed by atoms with E-state index in [0.29, 0.717) is 0 Å². The second-order valence-electron chi connectivity index (χ2n) is 7.06. The fraction of sp³-hybridized carbons (Fsp3) is 0.565. The van der Waals surface area contributed by atoms with Gasteiger partial charge in [-0.1, -0.05) is 106 Å². The van der Waals surface area contributed by atoms with Crippen LogP contribution in [0.25, 0.3) is 0 Å². The summed E-state index contributed by atoms with van der Waals surface area (Å²) in [5, 5.41) is 3.84. The van der Waals surface area contributed by atoms with Gasteiger partial charge in [0.2, 0.25) is 0 Å². The number of nitrogens with one attached hydrogen (secondary N) is 1. The summed E-state index contributed by atoms with van der Waals surface area (Å²) in [6, 6.07) is 19.9.